The summed E-state index contributed by atoms with van der Waals surface area (Å²) in [7, 11) is 0. The second-order valence-corrected chi connectivity index (χ2v) is 22.5. The summed E-state index contributed by atoms with van der Waals surface area (Å²) in [6, 6.07) is -0.624. The third-order valence-corrected chi connectivity index (χ3v) is 15.2. The zero-order chi connectivity index (χ0) is 52.2. The Balaban J connectivity index is 3.34. The Hall–Kier alpha value is -1.66. The molecule has 0 bridgehead atoms. The van der Waals surface area contributed by atoms with Crippen LogP contribution in [-0.2, 0) is 14.3 Å². The normalized spacial score (nSPS) is 12.7. The number of nitrogens with one attached hydrogen (secondary N) is 1. The molecule has 1 amide bonds. The van der Waals surface area contributed by atoms with Crippen LogP contribution in [0.4, 0.5) is 0 Å². The Bertz CT molecular complexity index is 1120. The van der Waals surface area contributed by atoms with E-state index in [1.807, 2.05) is 6.08 Å². The summed E-state index contributed by atoms with van der Waals surface area (Å²) in [5, 5.41) is 23.0. The van der Waals surface area contributed by atoms with Gasteiger partial charge in [-0.15, -0.1) is 0 Å². The minimum atomic E-state index is -0.840. The summed E-state index contributed by atoms with van der Waals surface area (Å²) in [5.74, 6) is -0.0465. The highest BCUT2D eigenvalue weighted by atomic mass is 16.5. The van der Waals surface area contributed by atoms with Crippen molar-refractivity contribution >= 4 is 11.9 Å². The van der Waals surface area contributed by atoms with E-state index < -0.39 is 12.1 Å². The van der Waals surface area contributed by atoms with Crippen molar-refractivity contribution in [2.24, 2.45) is 0 Å². The lowest BCUT2D eigenvalue weighted by atomic mass is 10.0. The first kappa shape index (κ1) is 70.3. The number of aliphatic hydroxyl groups excluding tert-OH is 2. The van der Waals surface area contributed by atoms with Crippen LogP contribution in [-0.4, -0.2) is 47.4 Å². The quantitative estimate of drug-likeness (QED) is 0.0320. The number of ether oxygens (including phenoxy) is 1. The second-order valence-electron chi connectivity index (χ2n) is 22.5. The highest BCUT2D eigenvalue weighted by Crippen LogP contribution is 2.18. The summed E-state index contributed by atoms with van der Waals surface area (Å²) in [6.45, 7) is 4.91. The fraction of sp³-hybridized carbons (Fsp3) is 0.909. The van der Waals surface area contributed by atoms with Crippen LogP contribution in [0.5, 0.6) is 0 Å². The Morgan fingerprint density at radius 2 is 0.653 bits per heavy atom. The Kier molecular flexibility index (Phi) is 60.5. The van der Waals surface area contributed by atoms with Crippen LogP contribution in [0, 0.1) is 0 Å². The molecule has 0 aliphatic heterocycles. The molecule has 0 spiro atoms. The Morgan fingerprint density at radius 3 is 0.986 bits per heavy atom. The average Bonchev–Trinajstić information content (AvgIpc) is 3.38. The van der Waals surface area contributed by atoms with Gasteiger partial charge >= 0.3 is 5.97 Å². The molecule has 0 aromatic heterocycles. The van der Waals surface area contributed by atoms with E-state index in [-0.39, 0.29) is 18.5 Å². The molecule has 2 atom stereocenters. The number of esters is 1. The molecule has 0 radical (unpaired) electrons. The zero-order valence-corrected chi connectivity index (χ0v) is 48.7. The second kappa shape index (κ2) is 61.9. The van der Waals surface area contributed by atoms with Crippen molar-refractivity contribution in [1.29, 1.82) is 0 Å². The van der Waals surface area contributed by atoms with Crippen LogP contribution in [0.15, 0.2) is 24.3 Å². The van der Waals surface area contributed by atoms with Crippen molar-refractivity contribution in [2.75, 3.05) is 13.2 Å². The summed E-state index contributed by atoms with van der Waals surface area (Å²) >= 11 is 0. The highest BCUT2D eigenvalue weighted by Gasteiger charge is 2.18. The molecule has 0 heterocycles. The fourth-order valence-corrected chi connectivity index (χ4v) is 10.2. The fourth-order valence-electron chi connectivity index (χ4n) is 10.2. The predicted molar refractivity (Wildman–Crippen MR) is 315 cm³/mol. The van der Waals surface area contributed by atoms with Crippen LogP contribution in [0.3, 0.4) is 0 Å². The number of carbonyl (C=O) groups is 2. The van der Waals surface area contributed by atoms with E-state index in [1.165, 1.54) is 295 Å². The molecule has 0 aliphatic rings. The van der Waals surface area contributed by atoms with Gasteiger partial charge in [-0.05, 0) is 57.8 Å². The molecule has 0 fully saturated rings. The number of carbonyl (C=O) groups excluding carboxylic acids is 2. The highest BCUT2D eigenvalue weighted by molar-refractivity contribution is 5.76. The molecule has 426 valence electrons. The molecule has 0 aromatic carbocycles. The predicted octanol–water partition coefficient (Wildman–Crippen LogP) is 20.6. The van der Waals surface area contributed by atoms with Gasteiger partial charge in [-0.3, -0.25) is 9.59 Å². The van der Waals surface area contributed by atoms with Gasteiger partial charge in [0.2, 0.25) is 5.91 Å². The molecule has 0 saturated carbocycles. The number of hydrogen-bond acceptors (Lipinski definition) is 5. The summed E-state index contributed by atoms with van der Waals surface area (Å²) in [4.78, 5) is 24.4. The molecule has 3 N–H and O–H groups in total. The molecule has 72 heavy (non-hydrogen) atoms. The number of hydrogen-bond donors (Lipinski definition) is 3. The van der Waals surface area contributed by atoms with Crippen molar-refractivity contribution < 1.29 is 24.5 Å². The van der Waals surface area contributed by atoms with Gasteiger partial charge in [-0.1, -0.05) is 314 Å². The van der Waals surface area contributed by atoms with E-state index in [4.69, 9.17) is 4.74 Å². The molecule has 6 nitrogen and oxygen atoms in total. The number of aliphatic hydroxyl groups is 2. The van der Waals surface area contributed by atoms with Crippen molar-refractivity contribution in [3.05, 3.63) is 24.3 Å². The number of amides is 1. The van der Waals surface area contributed by atoms with Gasteiger partial charge in [0.1, 0.15) is 0 Å². The average molecular weight is 1010 g/mol. The molecule has 0 aromatic rings. The van der Waals surface area contributed by atoms with Crippen molar-refractivity contribution in [2.45, 2.75) is 373 Å². The standard InChI is InChI=1S/C66H127NO5/c1-3-5-7-9-11-13-15-40-44-48-52-56-60-66(71)72-61-57-53-49-45-41-37-35-33-31-29-27-25-23-21-19-17-16-18-20-22-24-26-28-30-32-34-36-39-43-47-51-55-59-65(70)67-63(62-68)64(69)58-54-50-46-42-38-14-12-10-8-6-4-2/h19,21,54,58,63-64,68-69H,3-18,20,22-53,55-57,59-62H2,1-2H3,(H,67,70)/b21-19-,58-54+. The monoisotopic (exact) mass is 1010 g/mol. The third-order valence-electron chi connectivity index (χ3n) is 15.2. The Morgan fingerprint density at radius 1 is 0.375 bits per heavy atom. The summed E-state index contributed by atoms with van der Waals surface area (Å²) in [5.41, 5.74) is 0. The van der Waals surface area contributed by atoms with Crippen LogP contribution in [0.25, 0.3) is 0 Å². The van der Waals surface area contributed by atoms with Crippen molar-refractivity contribution in [3.63, 3.8) is 0 Å². The van der Waals surface area contributed by atoms with Crippen molar-refractivity contribution in [3.8, 4) is 0 Å². The van der Waals surface area contributed by atoms with Gasteiger partial charge < -0.3 is 20.3 Å². The lowest BCUT2D eigenvalue weighted by molar-refractivity contribution is -0.143. The molecule has 0 rings (SSSR count). The maximum atomic E-state index is 12.4. The smallest absolute Gasteiger partial charge is 0.305 e. The van der Waals surface area contributed by atoms with Gasteiger partial charge in [-0.25, -0.2) is 0 Å². The van der Waals surface area contributed by atoms with E-state index in [0.29, 0.717) is 19.4 Å². The minimum absolute atomic E-state index is 0.0188. The third kappa shape index (κ3) is 57.6. The van der Waals surface area contributed by atoms with Gasteiger partial charge in [0.25, 0.3) is 0 Å². The lowest BCUT2D eigenvalue weighted by Gasteiger charge is -2.20. The van der Waals surface area contributed by atoms with Crippen LogP contribution < -0.4 is 5.32 Å². The molecule has 0 aliphatic carbocycles. The van der Waals surface area contributed by atoms with E-state index in [1.54, 1.807) is 6.08 Å². The summed E-state index contributed by atoms with van der Waals surface area (Å²) in [6.07, 6.45) is 76.8. The SMILES string of the molecule is CCCCCCCCCCC/C=C/C(O)C(CO)NC(=O)CCCCCCCCCCCCCCCCCC/C=C\CCCCCCCCCCCCCCOC(=O)CCCCCCCCCCCCCC. The van der Waals surface area contributed by atoms with Crippen LogP contribution in [0.1, 0.15) is 361 Å². The first-order valence-corrected chi connectivity index (χ1v) is 32.6. The number of allylic oxidation sites excluding steroid dienone is 3. The van der Waals surface area contributed by atoms with Crippen molar-refractivity contribution in [1.82, 2.24) is 5.32 Å². The topological polar surface area (TPSA) is 95.9 Å². The van der Waals surface area contributed by atoms with Crippen LogP contribution in [0.2, 0.25) is 0 Å². The van der Waals surface area contributed by atoms with Gasteiger partial charge in [0.15, 0.2) is 0 Å². The Labute approximate surface area is 450 Å². The van der Waals surface area contributed by atoms with Gasteiger partial charge in [0.05, 0.1) is 25.4 Å². The zero-order valence-electron chi connectivity index (χ0n) is 48.7. The molecule has 6 heteroatoms. The minimum Gasteiger partial charge on any atom is -0.466 e. The van der Waals surface area contributed by atoms with E-state index in [9.17, 15) is 19.8 Å². The number of rotatable bonds is 61. The number of unbranched alkanes of at least 4 members (excludes halogenated alkanes) is 48. The molecule has 0 saturated heterocycles. The largest absolute Gasteiger partial charge is 0.466 e. The van der Waals surface area contributed by atoms with E-state index in [2.05, 4.69) is 31.3 Å². The molecular formula is C66H127NO5. The first-order chi connectivity index (χ1) is 35.5. The maximum absolute atomic E-state index is 12.4. The first-order valence-electron chi connectivity index (χ1n) is 32.6. The van der Waals surface area contributed by atoms with E-state index >= 15 is 0 Å². The van der Waals surface area contributed by atoms with Crippen LogP contribution >= 0.6 is 0 Å². The lowest BCUT2D eigenvalue weighted by Crippen LogP contribution is -2.45. The summed E-state index contributed by atoms with van der Waals surface area (Å²) < 4.78 is 5.48. The molecular weight excluding hydrogens is 887 g/mol. The van der Waals surface area contributed by atoms with E-state index in [0.717, 1.165) is 38.5 Å². The molecule has 2 unspecified atom stereocenters. The maximum Gasteiger partial charge on any atom is 0.305 e. The van der Waals surface area contributed by atoms with Gasteiger partial charge in [-0.2, -0.15) is 0 Å². The van der Waals surface area contributed by atoms with Gasteiger partial charge in [0, 0.05) is 12.8 Å².